The Morgan fingerprint density at radius 2 is 1.88 bits per heavy atom. The second-order valence-electron chi connectivity index (χ2n) is 7.49. The van der Waals surface area contributed by atoms with Crippen molar-refractivity contribution in [3.05, 3.63) is 103 Å². The maximum Gasteiger partial charge on any atom is 0.338 e. The Labute approximate surface area is 200 Å². The molecule has 1 aromatic heterocycles. The van der Waals surface area contributed by atoms with Gasteiger partial charge in [-0.15, -0.1) is 0 Å². The van der Waals surface area contributed by atoms with Gasteiger partial charge >= 0.3 is 5.97 Å². The van der Waals surface area contributed by atoms with E-state index in [4.69, 9.17) is 14.2 Å². The fourth-order valence-corrected chi connectivity index (χ4v) is 4.89. The predicted molar refractivity (Wildman–Crippen MR) is 131 cm³/mol. The molecule has 1 aliphatic heterocycles. The van der Waals surface area contributed by atoms with Gasteiger partial charge in [-0.1, -0.05) is 60.4 Å². The van der Waals surface area contributed by atoms with Crippen LogP contribution in [0.25, 0.3) is 6.08 Å². The van der Waals surface area contributed by atoms with Crippen LogP contribution in [-0.4, -0.2) is 31.4 Å². The maximum atomic E-state index is 13.6. The fraction of sp³-hybridized carbons (Fsp3) is 0.192. The third-order valence-corrected chi connectivity index (χ3v) is 6.38. The molecule has 0 bridgehead atoms. The number of aromatic nitrogens is 1. The molecule has 0 fully saturated rings. The van der Waals surface area contributed by atoms with Crippen LogP contribution in [0, 0.1) is 0 Å². The minimum absolute atomic E-state index is 0.0703. The standard InChI is InChI=1S/C26H24N2O5S/c1-5-13-33-25(30)22-16(2)27-26-28(23(22)18-9-7-6-8-10-18)24(29)21(34-26)15-17-11-12-19(31-3)20(14-17)32-4/h5-12,14-15,23H,1,13H2,2-4H3/b21-15+/t23-/m0/s1. The maximum absolute atomic E-state index is 13.6. The summed E-state index contributed by atoms with van der Waals surface area (Å²) in [7, 11) is 3.13. The number of ether oxygens (including phenoxy) is 3. The summed E-state index contributed by atoms with van der Waals surface area (Å²) in [6.07, 6.45) is 3.28. The van der Waals surface area contributed by atoms with E-state index in [-0.39, 0.29) is 12.2 Å². The number of carbonyl (C=O) groups is 1. The van der Waals surface area contributed by atoms with Crippen molar-refractivity contribution >= 4 is 23.4 Å². The minimum Gasteiger partial charge on any atom is -0.493 e. The lowest BCUT2D eigenvalue weighted by atomic mass is 9.96. The number of allylic oxidation sites excluding steroid dienone is 1. The van der Waals surface area contributed by atoms with Crippen LogP contribution >= 0.6 is 11.3 Å². The van der Waals surface area contributed by atoms with Crippen molar-refractivity contribution in [1.82, 2.24) is 4.57 Å². The quantitative estimate of drug-likeness (QED) is 0.387. The first kappa shape index (κ1) is 23.3. The van der Waals surface area contributed by atoms with E-state index in [0.29, 0.717) is 32.1 Å². The van der Waals surface area contributed by atoms with Crippen LogP contribution < -0.4 is 24.4 Å². The highest BCUT2D eigenvalue weighted by Gasteiger charge is 2.33. The summed E-state index contributed by atoms with van der Waals surface area (Å²) in [5.74, 6) is 0.641. The van der Waals surface area contributed by atoms with Crippen LogP contribution in [0.1, 0.15) is 24.1 Å². The van der Waals surface area contributed by atoms with Gasteiger partial charge in [-0.25, -0.2) is 9.79 Å². The summed E-state index contributed by atoms with van der Waals surface area (Å²) >= 11 is 1.27. The number of esters is 1. The number of thiazole rings is 1. The lowest BCUT2D eigenvalue weighted by Crippen LogP contribution is -2.39. The van der Waals surface area contributed by atoms with Gasteiger partial charge in [-0.2, -0.15) is 0 Å². The summed E-state index contributed by atoms with van der Waals surface area (Å²) in [6.45, 7) is 5.43. The van der Waals surface area contributed by atoms with Crippen LogP contribution in [-0.2, 0) is 9.53 Å². The van der Waals surface area contributed by atoms with Crippen LogP contribution in [0.3, 0.4) is 0 Å². The van der Waals surface area contributed by atoms with Crippen molar-refractivity contribution in [3.8, 4) is 11.5 Å². The molecule has 2 aromatic carbocycles. The lowest BCUT2D eigenvalue weighted by molar-refractivity contribution is -0.138. The Bertz CT molecular complexity index is 1450. The number of hydrogen-bond acceptors (Lipinski definition) is 7. The van der Waals surface area contributed by atoms with Gasteiger partial charge in [-0.05, 0) is 36.3 Å². The first-order chi connectivity index (χ1) is 16.5. The number of rotatable bonds is 7. The van der Waals surface area contributed by atoms with Crippen molar-refractivity contribution in [2.45, 2.75) is 13.0 Å². The highest BCUT2D eigenvalue weighted by Crippen LogP contribution is 2.31. The second-order valence-corrected chi connectivity index (χ2v) is 8.50. The summed E-state index contributed by atoms with van der Waals surface area (Å²) in [6, 6.07) is 14.2. The highest BCUT2D eigenvalue weighted by molar-refractivity contribution is 7.07. The smallest absolute Gasteiger partial charge is 0.338 e. The molecule has 3 aromatic rings. The van der Waals surface area contributed by atoms with E-state index in [1.165, 1.54) is 17.4 Å². The number of methoxy groups -OCH3 is 2. The number of fused-ring (bicyclic) bond motifs is 1. The Balaban J connectivity index is 1.90. The predicted octanol–water partition coefficient (Wildman–Crippen LogP) is 2.98. The Morgan fingerprint density at radius 3 is 2.56 bits per heavy atom. The van der Waals surface area contributed by atoms with Gasteiger partial charge in [-0.3, -0.25) is 9.36 Å². The number of benzene rings is 2. The zero-order valence-electron chi connectivity index (χ0n) is 19.1. The third kappa shape index (κ3) is 4.32. The first-order valence-electron chi connectivity index (χ1n) is 10.6. The Morgan fingerprint density at radius 1 is 1.15 bits per heavy atom. The van der Waals surface area contributed by atoms with Crippen molar-refractivity contribution in [1.29, 1.82) is 0 Å². The Kier molecular flexibility index (Phi) is 6.79. The van der Waals surface area contributed by atoms with Gasteiger partial charge in [0.1, 0.15) is 6.61 Å². The molecule has 0 saturated heterocycles. The average molecular weight is 477 g/mol. The minimum atomic E-state index is -0.651. The van der Waals surface area contributed by atoms with E-state index >= 15 is 0 Å². The van der Waals surface area contributed by atoms with Gasteiger partial charge in [0.15, 0.2) is 16.3 Å². The first-order valence-corrected chi connectivity index (χ1v) is 11.4. The molecule has 0 spiro atoms. The molecule has 2 heterocycles. The molecule has 4 rings (SSSR count). The molecule has 34 heavy (non-hydrogen) atoms. The van der Waals surface area contributed by atoms with Crippen LogP contribution in [0.15, 0.2) is 82.2 Å². The van der Waals surface area contributed by atoms with E-state index in [1.807, 2.05) is 36.4 Å². The third-order valence-electron chi connectivity index (χ3n) is 5.39. The average Bonchev–Trinajstić information content (AvgIpc) is 3.16. The molecular formula is C26H24N2O5S. The molecular weight excluding hydrogens is 452 g/mol. The molecule has 1 aliphatic rings. The summed E-state index contributed by atoms with van der Waals surface area (Å²) in [4.78, 5) is 31.7. The number of carbonyl (C=O) groups excluding carboxylic acids is 1. The largest absolute Gasteiger partial charge is 0.493 e. The molecule has 0 N–H and O–H groups in total. The monoisotopic (exact) mass is 476 g/mol. The summed E-state index contributed by atoms with van der Waals surface area (Å²) in [5, 5.41) is 0. The topological polar surface area (TPSA) is 79.1 Å². The van der Waals surface area contributed by atoms with Gasteiger partial charge in [0, 0.05) is 0 Å². The Hall–Kier alpha value is -3.91. The molecule has 174 valence electrons. The van der Waals surface area contributed by atoms with Gasteiger partial charge in [0.05, 0.1) is 36.1 Å². The molecule has 7 nitrogen and oxygen atoms in total. The fourth-order valence-electron chi connectivity index (χ4n) is 3.84. The van der Waals surface area contributed by atoms with Crippen molar-refractivity contribution < 1.29 is 19.0 Å². The van der Waals surface area contributed by atoms with Crippen molar-refractivity contribution in [2.24, 2.45) is 4.99 Å². The molecule has 0 saturated carbocycles. The van der Waals surface area contributed by atoms with Gasteiger partial charge < -0.3 is 14.2 Å². The number of nitrogens with zero attached hydrogens (tertiary/aromatic N) is 2. The lowest BCUT2D eigenvalue weighted by Gasteiger charge is -2.24. The van der Waals surface area contributed by atoms with Gasteiger partial charge in [0.25, 0.3) is 5.56 Å². The van der Waals surface area contributed by atoms with E-state index in [1.54, 1.807) is 43.9 Å². The van der Waals surface area contributed by atoms with E-state index in [2.05, 4.69) is 11.6 Å². The molecule has 1 atom stereocenters. The molecule has 0 unspecified atom stereocenters. The van der Waals surface area contributed by atoms with Crippen molar-refractivity contribution in [3.63, 3.8) is 0 Å². The van der Waals surface area contributed by atoms with Gasteiger partial charge in [0.2, 0.25) is 0 Å². The summed E-state index contributed by atoms with van der Waals surface area (Å²) < 4.78 is 18.1. The van der Waals surface area contributed by atoms with Crippen LogP contribution in [0.5, 0.6) is 11.5 Å². The highest BCUT2D eigenvalue weighted by atomic mass is 32.1. The molecule has 8 heteroatoms. The van der Waals surface area contributed by atoms with Crippen LogP contribution in [0.4, 0.5) is 0 Å². The van der Waals surface area contributed by atoms with E-state index in [0.717, 1.165) is 11.1 Å². The SMILES string of the molecule is C=CCOC(=O)C1=C(C)N=c2s/c(=C/c3ccc(OC)c(OC)c3)c(=O)n2[C@H]1c1ccccc1. The van der Waals surface area contributed by atoms with E-state index < -0.39 is 12.0 Å². The zero-order chi connectivity index (χ0) is 24.2. The molecule has 0 amide bonds. The molecule has 0 aliphatic carbocycles. The zero-order valence-corrected chi connectivity index (χ0v) is 19.9. The molecule has 0 radical (unpaired) electrons. The van der Waals surface area contributed by atoms with E-state index in [9.17, 15) is 9.59 Å². The van der Waals surface area contributed by atoms with Crippen LogP contribution in [0.2, 0.25) is 0 Å². The number of hydrogen-bond donors (Lipinski definition) is 0. The van der Waals surface area contributed by atoms with Crippen molar-refractivity contribution in [2.75, 3.05) is 20.8 Å². The summed E-state index contributed by atoms with van der Waals surface area (Å²) in [5.41, 5.74) is 2.18. The second kappa shape index (κ2) is 9.93. The normalized spacial score (nSPS) is 15.4.